The maximum atomic E-state index is 12.4. The van der Waals surface area contributed by atoms with E-state index in [-0.39, 0.29) is 56.2 Å². The number of amides is 4. The highest BCUT2D eigenvalue weighted by molar-refractivity contribution is 6.01. The van der Waals surface area contributed by atoms with Gasteiger partial charge in [0.1, 0.15) is 17.2 Å². The zero-order chi connectivity index (χ0) is 48.8. The Morgan fingerprint density at radius 2 is 1.03 bits per heavy atom. The van der Waals surface area contributed by atoms with E-state index in [1.807, 2.05) is 27.7 Å². The fourth-order valence-corrected chi connectivity index (χ4v) is 6.25. The molecule has 65 heavy (non-hydrogen) atoms. The number of hydrogen-bond acceptors (Lipinski definition) is 14. The molecule has 1 aliphatic heterocycles. The van der Waals surface area contributed by atoms with Crippen LogP contribution in [0.15, 0.2) is 0 Å². The summed E-state index contributed by atoms with van der Waals surface area (Å²) in [6, 6.07) is -1.08. The lowest BCUT2D eigenvalue weighted by molar-refractivity contribution is -0.197. The predicted molar refractivity (Wildman–Crippen MR) is 246 cm³/mol. The summed E-state index contributed by atoms with van der Waals surface area (Å²) < 4.78 is 31.5. The van der Waals surface area contributed by atoms with E-state index >= 15 is 0 Å². The van der Waals surface area contributed by atoms with Crippen molar-refractivity contribution in [1.82, 2.24) is 15.7 Å². The molecule has 1 unspecified atom stereocenters. The third-order valence-electron chi connectivity index (χ3n) is 9.51. The average molecular weight is 930 g/mol. The lowest BCUT2D eigenvalue weighted by Gasteiger charge is -2.24. The second-order valence-electron chi connectivity index (χ2n) is 18.2. The molecule has 0 saturated carbocycles. The molecule has 1 heterocycles. The van der Waals surface area contributed by atoms with Crippen LogP contribution in [0.4, 0.5) is 0 Å². The molecular weight excluding hydrogens is 843 g/mol. The molecule has 1 atom stereocenters. The number of carbonyl (C=O) groups excluding carboxylic acids is 7. The van der Waals surface area contributed by atoms with Crippen molar-refractivity contribution in [3.8, 4) is 0 Å². The molecule has 378 valence electrons. The standard InChI is InChI=1S/C29H57NO6.C19H30N2O8/c1-29(2,3)36-28(32)20-18-16-14-12-10-8-6-5-7-9-11-13-15-17-19-27(31)30-21-22-34-25-26-35-24-23-33-4;1-5-11-27-12-10-14(22)20-13(18(26)28-19(2,3)4)6-9-17(25)29-21-15(23)7-8-16(21)24/h5-26H2,1-4H3,(H,30,31);13H,5-12H2,1-4H3,(H,20,22). The largest absolute Gasteiger partial charge is 0.460 e. The van der Waals surface area contributed by atoms with Crippen molar-refractivity contribution in [3.05, 3.63) is 0 Å². The molecule has 0 aromatic rings. The molecule has 0 aliphatic carbocycles. The fraction of sp³-hybridized carbons (Fsp3) is 0.854. The minimum absolute atomic E-state index is 0.0111. The number of unbranched alkanes of at least 4 members (excludes halogenated alkanes) is 13. The van der Waals surface area contributed by atoms with Gasteiger partial charge in [-0.15, -0.1) is 5.06 Å². The van der Waals surface area contributed by atoms with Crippen LogP contribution in [-0.2, 0) is 66.8 Å². The van der Waals surface area contributed by atoms with Crippen LogP contribution in [-0.4, -0.2) is 124 Å². The van der Waals surface area contributed by atoms with Crippen LogP contribution in [0.2, 0.25) is 0 Å². The number of imide groups is 1. The molecule has 0 aromatic heterocycles. The Morgan fingerprint density at radius 1 is 0.554 bits per heavy atom. The highest BCUT2D eigenvalue weighted by Gasteiger charge is 2.34. The minimum atomic E-state index is -1.08. The normalized spacial score (nSPS) is 13.2. The van der Waals surface area contributed by atoms with E-state index in [1.165, 1.54) is 64.2 Å². The molecule has 17 nitrogen and oxygen atoms in total. The second-order valence-corrected chi connectivity index (χ2v) is 18.2. The summed E-state index contributed by atoms with van der Waals surface area (Å²) in [5.41, 5.74) is -1.15. The van der Waals surface area contributed by atoms with Crippen molar-refractivity contribution >= 4 is 41.5 Å². The van der Waals surface area contributed by atoms with Gasteiger partial charge < -0.3 is 43.9 Å². The number of ether oxygens (including phenoxy) is 6. The Hall–Kier alpha value is -3.67. The van der Waals surface area contributed by atoms with Gasteiger partial charge in [0.15, 0.2) is 0 Å². The van der Waals surface area contributed by atoms with Gasteiger partial charge in [0.2, 0.25) is 11.8 Å². The van der Waals surface area contributed by atoms with Gasteiger partial charge in [-0.2, -0.15) is 0 Å². The number of methoxy groups -OCH3 is 1. The van der Waals surface area contributed by atoms with Gasteiger partial charge in [-0.25, -0.2) is 9.59 Å². The highest BCUT2D eigenvalue weighted by atomic mass is 16.7. The summed E-state index contributed by atoms with van der Waals surface area (Å²) in [6.45, 7) is 16.8. The Balaban J connectivity index is 0.00000129. The SMILES string of the molecule is CCCOCCC(=O)NC(CCC(=O)ON1C(=O)CCC1=O)C(=O)OC(C)(C)C.COCCOCCOCCNC(=O)CCCCCCCCCCCCCCCCC(=O)OC(C)(C)C. The summed E-state index contributed by atoms with van der Waals surface area (Å²) in [4.78, 5) is 87.7. The third-order valence-corrected chi connectivity index (χ3v) is 9.51. The third kappa shape index (κ3) is 39.2. The van der Waals surface area contributed by atoms with Gasteiger partial charge >= 0.3 is 17.9 Å². The molecule has 0 bridgehead atoms. The van der Waals surface area contributed by atoms with Crippen molar-refractivity contribution in [3.63, 3.8) is 0 Å². The smallest absolute Gasteiger partial charge is 0.333 e. The van der Waals surface area contributed by atoms with Crippen LogP contribution >= 0.6 is 0 Å². The van der Waals surface area contributed by atoms with E-state index in [0.29, 0.717) is 64.1 Å². The number of nitrogens with one attached hydrogen (secondary N) is 2. The van der Waals surface area contributed by atoms with E-state index in [1.54, 1.807) is 27.9 Å². The predicted octanol–water partition coefficient (Wildman–Crippen LogP) is 7.38. The Kier molecular flexibility index (Phi) is 36.3. The first-order chi connectivity index (χ1) is 30.9. The molecule has 0 spiro atoms. The van der Waals surface area contributed by atoms with Crippen molar-refractivity contribution in [1.29, 1.82) is 0 Å². The van der Waals surface area contributed by atoms with E-state index in [4.69, 9.17) is 33.3 Å². The Bertz CT molecular complexity index is 1310. The lowest BCUT2D eigenvalue weighted by Crippen LogP contribution is -2.45. The van der Waals surface area contributed by atoms with Crippen LogP contribution in [0.1, 0.15) is 190 Å². The lowest BCUT2D eigenvalue weighted by atomic mass is 10.0. The Labute approximate surface area is 390 Å². The minimum Gasteiger partial charge on any atom is -0.460 e. The summed E-state index contributed by atoms with van der Waals surface area (Å²) in [5, 5.41) is 5.88. The van der Waals surface area contributed by atoms with Crippen LogP contribution in [0.25, 0.3) is 0 Å². The second kappa shape index (κ2) is 38.4. The van der Waals surface area contributed by atoms with Gasteiger partial charge in [0.05, 0.1) is 46.1 Å². The van der Waals surface area contributed by atoms with Crippen molar-refractivity contribution in [2.45, 2.75) is 207 Å². The fourth-order valence-electron chi connectivity index (χ4n) is 6.25. The number of hydrogen-bond donors (Lipinski definition) is 2. The molecule has 2 N–H and O–H groups in total. The number of carbonyl (C=O) groups is 7. The van der Waals surface area contributed by atoms with Crippen LogP contribution in [0.5, 0.6) is 0 Å². The van der Waals surface area contributed by atoms with Crippen LogP contribution in [0.3, 0.4) is 0 Å². The van der Waals surface area contributed by atoms with E-state index in [2.05, 4.69) is 10.6 Å². The highest BCUT2D eigenvalue weighted by Crippen LogP contribution is 2.17. The van der Waals surface area contributed by atoms with Gasteiger partial charge in [0, 0.05) is 52.4 Å². The first-order valence-electron chi connectivity index (χ1n) is 24.2. The zero-order valence-electron chi connectivity index (χ0n) is 41.5. The number of rotatable bonds is 37. The quantitative estimate of drug-likeness (QED) is 0.0354. The van der Waals surface area contributed by atoms with Gasteiger partial charge in [0.25, 0.3) is 11.8 Å². The molecule has 0 aromatic carbocycles. The van der Waals surface area contributed by atoms with Crippen molar-refractivity contribution in [2.24, 2.45) is 0 Å². The first-order valence-corrected chi connectivity index (χ1v) is 24.2. The molecule has 1 aliphatic rings. The monoisotopic (exact) mass is 930 g/mol. The number of nitrogens with zero attached hydrogens (tertiary/aromatic N) is 1. The van der Waals surface area contributed by atoms with Gasteiger partial charge in [-0.05, 0) is 67.2 Å². The summed E-state index contributed by atoms with van der Waals surface area (Å²) >= 11 is 0. The maximum Gasteiger partial charge on any atom is 0.333 e. The summed E-state index contributed by atoms with van der Waals surface area (Å²) in [5.74, 6) is -3.10. The molecule has 4 amide bonds. The first kappa shape index (κ1) is 61.3. The van der Waals surface area contributed by atoms with E-state index in [9.17, 15) is 33.6 Å². The average Bonchev–Trinajstić information content (AvgIpc) is 3.54. The van der Waals surface area contributed by atoms with Crippen molar-refractivity contribution in [2.75, 3.05) is 59.9 Å². The van der Waals surface area contributed by atoms with E-state index in [0.717, 1.165) is 32.1 Å². The number of esters is 2. The van der Waals surface area contributed by atoms with Gasteiger partial charge in [-0.3, -0.25) is 24.0 Å². The number of hydroxylamine groups is 2. The van der Waals surface area contributed by atoms with Crippen molar-refractivity contribution < 1.29 is 66.8 Å². The van der Waals surface area contributed by atoms with Crippen LogP contribution in [0, 0.1) is 0 Å². The Morgan fingerprint density at radius 3 is 1.54 bits per heavy atom. The van der Waals surface area contributed by atoms with Gasteiger partial charge in [-0.1, -0.05) is 84.0 Å². The maximum absolute atomic E-state index is 12.4. The topological polar surface area (TPSA) is 211 Å². The summed E-state index contributed by atoms with van der Waals surface area (Å²) in [7, 11) is 1.65. The van der Waals surface area contributed by atoms with Crippen LogP contribution < -0.4 is 10.6 Å². The molecule has 1 fully saturated rings. The zero-order valence-corrected chi connectivity index (χ0v) is 41.5. The molecular formula is C48H87N3O14. The van der Waals surface area contributed by atoms with E-state index < -0.39 is 41.3 Å². The molecule has 1 saturated heterocycles. The summed E-state index contributed by atoms with van der Waals surface area (Å²) in [6.07, 6.45) is 18.7. The molecule has 0 radical (unpaired) electrons. The molecule has 17 heteroatoms. The molecule has 1 rings (SSSR count).